The standard InChI is InChI=1S/C22H20N4O7S3/c1-4-35(28,29)22-25-26-19(23)16(20(27)24-21(26)34-22)11-14-7-10-17(18(12-14)32-3)33-36(30,31)15-8-5-13(2)6-9-15/h5-12,23H,4H2,1-3H3/b16-11-,23-19?. The normalized spacial score (nSPS) is 17.1. The molecule has 11 nitrogen and oxygen atoms in total. The Hall–Kier alpha value is -3.49. The second kappa shape index (κ2) is 9.52. The van der Waals surface area contributed by atoms with Gasteiger partial charge in [0.1, 0.15) is 4.90 Å². The molecule has 2 aliphatic heterocycles. The van der Waals surface area contributed by atoms with E-state index in [0.29, 0.717) is 17.3 Å². The van der Waals surface area contributed by atoms with Crippen molar-refractivity contribution in [3.05, 3.63) is 59.2 Å². The van der Waals surface area contributed by atoms with Crippen LogP contribution in [0.25, 0.3) is 6.08 Å². The van der Waals surface area contributed by atoms with Gasteiger partial charge in [-0.15, -0.1) is 5.10 Å². The number of nitrogens with one attached hydrogen (secondary N) is 1. The van der Waals surface area contributed by atoms with Gasteiger partial charge in [0, 0.05) is 0 Å². The minimum absolute atomic E-state index is 0.0168. The van der Waals surface area contributed by atoms with Crippen LogP contribution in [0.2, 0.25) is 0 Å². The highest BCUT2D eigenvalue weighted by Gasteiger charge is 2.39. The molecule has 0 spiro atoms. The van der Waals surface area contributed by atoms with Gasteiger partial charge in [0.15, 0.2) is 17.3 Å². The van der Waals surface area contributed by atoms with E-state index < -0.39 is 25.9 Å². The van der Waals surface area contributed by atoms with Crippen molar-refractivity contribution in [3.8, 4) is 11.5 Å². The zero-order valence-electron chi connectivity index (χ0n) is 19.3. The van der Waals surface area contributed by atoms with Crippen LogP contribution in [0.4, 0.5) is 0 Å². The Morgan fingerprint density at radius 3 is 2.42 bits per heavy atom. The molecular formula is C22H20N4O7S3. The van der Waals surface area contributed by atoms with Gasteiger partial charge in [0.2, 0.25) is 19.4 Å². The zero-order valence-corrected chi connectivity index (χ0v) is 21.7. The fourth-order valence-electron chi connectivity index (χ4n) is 3.10. The molecule has 0 fully saturated rings. The Bertz CT molecular complexity index is 1580. The molecule has 0 saturated heterocycles. The largest absolute Gasteiger partial charge is 0.493 e. The molecule has 0 aliphatic carbocycles. The molecule has 36 heavy (non-hydrogen) atoms. The highest BCUT2D eigenvalue weighted by atomic mass is 32.3. The number of carbonyl (C=O) groups is 1. The second-order valence-electron chi connectivity index (χ2n) is 7.55. The van der Waals surface area contributed by atoms with Crippen molar-refractivity contribution in [1.82, 2.24) is 5.01 Å². The average Bonchev–Trinajstić information content (AvgIpc) is 3.27. The number of sulfone groups is 1. The van der Waals surface area contributed by atoms with Gasteiger partial charge in [-0.3, -0.25) is 10.2 Å². The lowest BCUT2D eigenvalue weighted by molar-refractivity contribution is -0.114. The first kappa shape index (κ1) is 25.6. The van der Waals surface area contributed by atoms with Crippen molar-refractivity contribution in [2.75, 3.05) is 12.9 Å². The number of amides is 1. The Labute approximate surface area is 212 Å². The summed E-state index contributed by atoms with van der Waals surface area (Å²) in [6, 6.07) is 10.4. The maximum Gasteiger partial charge on any atom is 0.339 e. The molecule has 0 radical (unpaired) electrons. The van der Waals surface area contributed by atoms with Gasteiger partial charge in [0.25, 0.3) is 5.91 Å². The Morgan fingerprint density at radius 1 is 1.08 bits per heavy atom. The van der Waals surface area contributed by atoms with E-state index in [2.05, 4.69) is 10.1 Å². The number of methoxy groups -OCH3 is 1. The average molecular weight is 549 g/mol. The Morgan fingerprint density at radius 2 is 1.78 bits per heavy atom. The summed E-state index contributed by atoms with van der Waals surface area (Å²) in [7, 11) is -6.44. The van der Waals surface area contributed by atoms with Gasteiger partial charge in [-0.2, -0.15) is 18.4 Å². The first-order valence-electron chi connectivity index (χ1n) is 10.4. The Balaban J connectivity index is 1.63. The minimum atomic E-state index is -4.12. The lowest BCUT2D eigenvalue weighted by Crippen LogP contribution is -2.35. The third-order valence-electron chi connectivity index (χ3n) is 5.09. The molecule has 2 aliphatic rings. The fourth-order valence-corrected chi connectivity index (χ4v) is 6.21. The van der Waals surface area contributed by atoms with E-state index in [4.69, 9.17) is 14.3 Å². The number of hydrogen-bond donors (Lipinski definition) is 1. The van der Waals surface area contributed by atoms with Crippen LogP contribution in [0.15, 0.2) is 63.0 Å². The molecule has 2 heterocycles. The van der Waals surface area contributed by atoms with Gasteiger partial charge in [-0.25, -0.2) is 8.42 Å². The molecule has 0 aromatic heterocycles. The van der Waals surface area contributed by atoms with E-state index in [1.807, 2.05) is 6.92 Å². The van der Waals surface area contributed by atoms with Gasteiger partial charge in [-0.05, 0) is 54.6 Å². The number of ether oxygens (including phenoxy) is 1. The van der Waals surface area contributed by atoms with Crippen molar-refractivity contribution in [2.24, 2.45) is 10.1 Å². The van der Waals surface area contributed by atoms with Crippen molar-refractivity contribution in [2.45, 2.75) is 18.7 Å². The number of fused-ring (bicyclic) bond motifs is 1. The third-order valence-corrected chi connectivity index (χ3v) is 9.43. The lowest BCUT2D eigenvalue weighted by atomic mass is 10.1. The molecule has 0 unspecified atom stereocenters. The van der Waals surface area contributed by atoms with Crippen LogP contribution in [0.5, 0.6) is 11.5 Å². The van der Waals surface area contributed by atoms with E-state index >= 15 is 0 Å². The van der Waals surface area contributed by atoms with Gasteiger partial charge >= 0.3 is 10.1 Å². The fraction of sp³-hybridized carbons (Fsp3) is 0.182. The molecule has 4 rings (SSSR count). The van der Waals surface area contributed by atoms with Crippen LogP contribution in [-0.2, 0) is 24.7 Å². The van der Waals surface area contributed by atoms with Crippen molar-refractivity contribution < 1.29 is 30.6 Å². The first-order valence-corrected chi connectivity index (χ1v) is 14.2. The lowest BCUT2D eigenvalue weighted by Gasteiger charge is -2.20. The predicted molar refractivity (Wildman–Crippen MR) is 136 cm³/mol. The highest BCUT2D eigenvalue weighted by Crippen LogP contribution is 2.33. The third kappa shape index (κ3) is 4.92. The molecule has 1 amide bonds. The summed E-state index contributed by atoms with van der Waals surface area (Å²) < 4.78 is 59.9. The number of hydrazone groups is 1. The number of nitrogens with zero attached hydrogens (tertiary/aromatic N) is 3. The molecule has 0 saturated carbocycles. The first-order chi connectivity index (χ1) is 16.9. The molecule has 0 atom stereocenters. The van der Waals surface area contributed by atoms with Crippen molar-refractivity contribution in [1.29, 1.82) is 5.41 Å². The van der Waals surface area contributed by atoms with Crippen LogP contribution in [-0.4, -0.2) is 56.0 Å². The number of thioether (sulfide) groups is 1. The van der Waals surface area contributed by atoms with Crippen molar-refractivity contribution >= 4 is 59.1 Å². The number of carbonyl (C=O) groups excluding carboxylic acids is 1. The molecule has 2 aromatic rings. The Kier molecular flexibility index (Phi) is 6.77. The number of amidine groups is 2. The topological polar surface area (TPSA) is 156 Å². The molecule has 1 N–H and O–H groups in total. The van der Waals surface area contributed by atoms with Crippen LogP contribution < -0.4 is 8.92 Å². The summed E-state index contributed by atoms with van der Waals surface area (Å²) in [5.74, 6) is -1.27. The minimum Gasteiger partial charge on any atom is -0.493 e. The number of hydrogen-bond acceptors (Lipinski definition) is 10. The van der Waals surface area contributed by atoms with E-state index in [-0.39, 0.29) is 43.1 Å². The van der Waals surface area contributed by atoms with Crippen molar-refractivity contribution in [3.63, 3.8) is 0 Å². The summed E-state index contributed by atoms with van der Waals surface area (Å²) in [5, 5.41) is 13.3. The number of benzene rings is 2. The summed E-state index contributed by atoms with van der Waals surface area (Å²) in [4.78, 5) is 16.4. The molecular weight excluding hydrogens is 528 g/mol. The van der Waals surface area contributed by atoms with Crippen LogP contribution in [0.1, 0.15) is 18.1 Å². The number of aryl methyl sites for hydroxylation is 1. The van der Waals surface area contributed by atoms with E-state index in [9.17, 15) is 21.6 Å². The van der Waals surface area contributed by atoms with E-state index in [0.717, 1.165) is 10.6 Å². The highest BCUT2D eigenvalue weighted by molar-refractivity contribution is 8.42. The van der Waals surface area contributed by atoms with Gasteiger partial charge in [-0.1, -0.05) is 30.7 Å². The summed E-state index contributed by atoms with van der Waals surface area (Å²) in [5.41, 5.74) is 1.14. The second-order valence-corrected chi connectivity index (χ2v) is 12.5. The summed E-state index contributed by atoms with van der Waals surface area (Å²) in [6.45, 7) is 3.30. The predicted octanol–water partition coefficient (Wildman–Crippen LogP) is 2.78. The summed E-state index contributed by atoms with van der Waals surface area (Å²) >= 11 is 0.710. The van der Waals surface area contributed by atoms with Gasteiger partial charge < -0.3 is 8.92 Å². The van der Waals surface area contributed by atoms with E-state index in [1.165, 1.54) is 50.4 Å². The quantitative estimate of drug-likeness (QED) is 0.424. The van der Waals surface area contributed by atoms with Crippen LogP contribution in [0.3, 0.4) is 0 Å². The molecule has 2 aromatic carbocycles. The van der Waals surface area contributed by atoms with Crippen LogP contribution in [0, 0.1) is 12.3 Å². The molecule has 188 valence electrons. The maximum absolute atomic E-state index is 12.7. The maximum atomic E-state index is 12.7. The molecule has 0 bridgehead atoms. The SMILES string of the molecule is CCS(=O)(=O)C1=NN2C(=N)/C(=C/c3ccc(OS(=O)(=O)c4ccc(C)cc4)c(OC)c3)C(=O)N=C2S1. The monoisotopic (exact) mass is 548 g/mol. The summed E-state index contributed by atoms with van der Waals surface area (Å²) in [6.07, 6.45) is 1.35. The smallest absolute Gasteiger partial charge is 0.339 e. The van der Waals surface area contributed by atoms with E-state index in [1.54, 1.807) is 12.1 Å². The molecule has 14 heteroatoms. The number of aliphatic imine (C=N–C) groups is 1. The number of rotatable bonds is 6. The van der Waals surface area contributed by atoms with Crippen LogP contribution >= 0.6 is 11.8 Å². The van der Waals surface area contributed by atoms with Gasteiger partial charge in [0.05, 0.1) is 18.4 Å². The zero-order chi connectivity index (χ0) is 26.3.